The topological polar surface area (TPSA) is 24.9 Å². The maximum Gasteiger partial charge on any atom is 0.0794 e. The Morgan fingerprint density at radius 1 is 1.57 bits per heavy atom. The van der Waals surface area contributed by atoms with Gasteiger partial charge in [-0.05, 0) is 18.8 Å². The molecule has 1 fully saturated rings. The first-order valence-corrected chi connectivity index (χ1v) is 6.22. The summed E-state index contributed by atoms with van der Waals surface area (Å²) in [5.74, 6) is 0.788. The van der Waals surface area contributed by atoms with Crippen LogP contribution in [-0.2, 0) is 6.42 Å². The predicted octanol–water partition coefficient (Wildman–Crippen LogP) is 2.32. The molecule has 0 atom stereocenters. The second-order valence-electron chi connectivity index (χ2n) is 4.86. The Morgan fingerprint density at radius 3 is 2.79 bits per heavy atom. The van der Waals surface area contributed by atoms with Gasteiger partial charge >= 0.3 is 0 Å². The zero-order valence-corrected chi connectivity index (χ0v) is 9.73. The third-order valence-electron chi connectivity index (χ3n) is 2.88. The van der Waals surface area contributed by atoms with E-state index in [1.807, 2.05) is 5.51 Å². The summed E-state index contributed by atoms with van der Waals surface area (Å²) in [4.78, 5) is 4.38. The van der Waals surface area contributed by atoms with Gasteiger partial charge in [0, 0.05) is 23.9 Å². The Morgan fingerprint density at radius 2 is 2.36 bits per heavy atom. The Bertz CT molecular complexity index is 275. The molecule has 1 aromatic rings. The summed E-state index contributed by atoms with van der Waals surface area (Å²) in [6, 6.07) is 0. The molecular formula is C11H18N2S. The van der Waals surface area contributed by atoms with Crippen LogP contribution in [0.1, 0.15) is 26.0 Å². The van der Waals surface area contributed by atoms with Crippen molar-refractivity contribution in [2.45, 2.75) is 26.7 Å². The van der Waals surface area contributed by atoms with Gasteiger partial charge in [0.1, 0.15) is 0 Å². The van der Waals surface area contributed by atoms with E-state index in [0.29, 0.717) is 5.41 Å². The molecule has 0 amide bonds. The second kappa shape index (κ2) is 3.99. The molecule has 78 valence electrons. The molecule has 2 rings (SSSR count). The number of hydrogen-bond acceptors (Lipinski definition) is 3. The summed E-state index contributed by atoms with van der Waals surface area (Å²) < 4.78 is 0. The minimum atomic E-state index is 0.502. The highest BCUT2D eigenvalue weighted by atomic mass is 32.1. The van der Waals surface area contributed by atoms with E-state index in [-0.39, 0.29) is 0 Å². The summed E-state index contributed by atoms with van der Waals surface area (Å²) in [7, 11) is 0. The lowest BCUT2D eigenvalue weighted by Crippen LogP contribution is -2.55. The van der Waals surface area contributed by atoms with E-state index in [4.69, 9.17) is 0 Å². The smallest absolute Gasteiger partial charge is 0.0794 e. The summed E-state index contributed by atoms with van der Waals surface area (Å²) in [5.41, 5.74) is 3.71. The Hall–Kier alpha value is -0.410. The van der Waals surface area contributed by atoms with Crippen LogP contribution >= 0.6 is 11.3 Å². The number of nitrogens with one attached hydrogen (secondary N) is 1. The molecule has 1 aromatic heterocycles. The van der Waals surface area contributed by atoms with Crippen molar-refractivity contribution in [3.8, 4) is 0 Å². The van der Waals surface area contributed by atoms with Crippen LogP contribution in [0, 0.1) is 11.3 Å². The third-order valence-corrected chi connectivity index (χ3v) is 3.52. The van der Waals surface area contributed by atoms with Gasteiger partial charge in [-0.3, -0.25) is 0 Å². The van der Waals surface area contributed by atoms with Crippen LogP contribution in [0.3, 0.4) is 0 Å². The number of aromatic nitrogens is 1. The van der Waals surface area contributed by atoms with Gasteiger partial charge in [-0.15, -0.1) is 11.3 Å². The molecule has 1 aliphatic rings. The van der Waals surface area contributed by atoms with Crippen LogP contribution in [0.25, 0.3) is 0 Å². The minimum Gasteiger partial charge on any atom is -0.316 e. The van der Waals surface area contributed by atoms with E-state index in [2.05, 4.69) is 29.5 Å². The Kier molecular flexibility index (Phi) is 2.88. The fourth-order valence-corrected chi connectivity index (χ4v) is 2.95. The SMILES string of the molecule is CC(C)CC1(Cc2cscn2)CNC1. The summed E-state index contributed by atoms with van der Waals surface area (Å²) in [6.45, 7) is 6.95. The molecule has 1 saturated heterocycles. The molecule has 3 heteroatoms. The van der Waals surface area contributed by atoms with Crippen molar-refractivity contribution in [1.82, 2.24) is 10.3 Å². The molecule has 1 aliphatic heterocycles. The number of nitrogens with zero attached hydrogens (tertiary/aromatic N) is 1. The van der Waals surface area contributed by atoms with E-state index in [0.717, 1.165) is 12.3 Å². The maximum atomic E-state index is 4.38. The molecule has 0 unspecified atom stereocenters. The molecule has 1 N–H and O–H groups in total. The highest BCUT2D eigenvalue weighted by Crippen LogP contribution is 2.34. The molecule has 2 heterocycles. The summed E-state index contributed by atoms with van der Waals surface area (Å²) in [6.07, 6.45) is 2.47. The summed E-state index contributed by atoms with van der Waals surface area (Å²) >= 11 is 1.70. The standard InChI is InChI=1S/C11H18N2S/c1-9(2)3-11(6-12-7-11)4-10-5-14-8-13-10/h5,8-9,12H,3-4,6-7H2,1-2H3. The first kappa shape index (κ1) is 10.1. The molecule has 0 saturated carbocycles. The highest BCUT2D eigenvalue weighted by Gasteiger charge is 2.37. The van der Waals surface area contributed by atoms with E-state index in [1.54, 1.807) is 11.3 Å². The van der Waals surface area contributed by atoms with Crippen LogP contribution in [-0.4, -0.2) is 18.1 Å². The van der Waals surface area contributed by atoms with Crippen LogP contribution in [0.2, 0.25) is 0 Å². The predicted molar refractivity (Wildman–Crippen MR) is 60.6 cm³/mol. The van der Waals surface area contributed by atoms with Gasteiger partial charge < -0.3 is 5.32 Å². The molecule has 0 bridgehead atoms. The maximum absolute atomic E-state index is 4.38. The van der Waals surface area contributed by atoms with Crippen molar-refractivity contribution < 1.29 is 0 Å². The van der Waals surface area contributed by atoms with Crippen LogP contribution in [0.4, 0.5) is 0 Å². The molecule has 0 aliphatic carbocycles. The van der Waals surface area contributed by atoms with Gasteiger partial charge in [-0.2, -0.15) is 0 Å². The van der Waals surface area contributed by atoms with E-state index >= 15 is 0 Å². The molecule has 2 nitrogen and oxygen atoms in total. The van der Waals surface area contributed by atoms with Gasteiger partial charge in [0.05, 0.1) is 11.2 Å². The van der Waals surface area contributed by atoms with E-state index in [9.17, 15) is 0 Å². The van der Waals surface area contributed by atoms with Crippen molar-refractivity contribution >= 4 is 11.3 Å². The lowest BCUT2D eigenvalue weighted by atomic mass is 9.72. The highest BCUT2D eigenvalue weighted by molar-refractivity contribution is 7.07. The minimum absolute atomic E-state index is 0.502. The van der Waals surface area contributed by atoms with Gasteiger partial charge in [0.2, 0.25) is 0 Å². The second-order valence-corrected chi connectivity index (χ2v) is 5.58. The average Bonchev–Trinajstić information content (AvgIpc) is 2.51. The quantitative estimate of drug-likeness (QED) is 0.825. The van der Waals surface area contributed by atoms with E-state index in [1.165, 1.54) is 25.2 Å². The van der Waals surface area contributed by atoms with Crippen LogP contribution in [0.15, 0.2) is 10.9 Å². The van der Waals surface area contributed by atoms with Crippen molar-refractivity contribution in [3.63, 3.8) is 0 Å². The number of hydrogen-bond donors (Lipinski definition) is 1. The first-order valence-electron chi connectivity index (χ1n) is 5.28. The van der Waals surface area contributed by atoms with Gasteiger partial charge in [0.25, 0.3) is 0 Å². The van der Waals surface area contributed by atoms with E-state index < -0.39 is 0 Å². The molecule has 0 spiro atoms. The number of rotatable bonds is 4. The summed E-state index contributed by atoms with van der Waals surface area (Å²) in [5, 5.41) is 5.58. The zero-order valence-electron chi connectivity index (χ0n) is 8.92. The Balaban J connectivity index is 1.99. The molecular weight excluding hydrogens is 192 g/mol. The van der Waals surface area contributed by atoms with Gasteiger partial charge in [-0.25, -0.2) is 4.98 Å². The van der Waals surface area contributed by atoms with Gasteiger partial charge in [0.15, 0.2) is 0 Å². The third kappa shape index (κ3) is 2.15. The van der Waals surface area contributed by atoms with Crippen LogP contribution in [0.5, 0.6) is 0 Å². The largest absolute Gasteiger partial charge is 0.316 e. The first-order chi connectivity index (χ1) is 6.70. The lowest BCUT2D eigenvalue weighted by Gasteiger charge is -2.43. The Labute approximate surface area is 89.8 Å². The van der Waals surface area contributed by atoms with Crippen molar-refractivity contribution in [1.29, 1.82) is 0 Å². The van der Waals surface area contributed by atoms with Crippen LogP contribution < -0.4 is 5.32 Å². The normalized spacial score (nSPS) is 19.6. The molecule has 0 aromatic carbocycles. The van der Waals surface area contributed by atoms with Gasteiger partial charge in [-0.1, -0.05) is 13.8 Å². The molecule has 14 heavy (non-hydrogen) atoms. The average molecular weight is 210 g/mol. The van der Waals surface area contributed by atoms with Crippen molar-refractivity contribution in [3.05, 3.63) is 16.6 Å². The molecule has 0 radical (unpaired) electrons. The lowest BCUT2D eigenvalue weighted by molar-refractivity contribution is 0.130. The fraction of sp³-hybridized carbons (Fsp3) is 0.727. The zero-order chi connectivity index (χ0) is 10.0. The van der Waals surface area contributed by atoms with Crippen molar-refractivity contribution in [2.24, 2.45) is 11.3 Å². The fourth-order valence-electron chi connectivity index (χ4n) is 2.40. The monoisotopic (exact) mass is 210 g/mol. The number of thiazole rings is 1. The van der Waals surface area contributed by atoms with Crippen molar-refractivity contribution in [2.75, 3.05) is 13.1 Å².